The molecule has 1 amide bonds. The standard InChI is InChI=1S/C27H33ClN2O/c28-23-10-11-24-22(18-23)9-8-21-7-4-14-29-27(21)26(24)20-12-15-30(16-13-20)25(31)17-19-5-2-1-3-6-19/h4,7,10-11,14,18-19,27,29H,1-3,5-6,8-9,12-13,15-17H2. The quantitative estimate of drug-likeness (QED) is 0.612. The summed E-state index contributed by atoms with van der Waals surface area (Å²) in [6, 6.07) is 6.62. The van der Waals surface area contributed by atoms with Crippen LogP contribution in [0.25, 0.3) is 5.57 Å². The van der Waals surface area contributed by atoms with Crippen LogP contribution >= 0.6 is 11.6 Å². The zero-order chi connectivity index (χ0) is 21.2. The topological polar surface area (TPSA) is 32.3 Å². The molecule has 164 valence electrons. The number of likely N-dealkylation sites (tertiary alicyclic amines) is 1. The molecule has 5 rings (SSSR count). The van der Waals surface area contributed by atoms with Crippen LogP contribution in [0.1, 0.15) is 68.9 Å². The smallest absolute Gasteiger partial charge is 0.222 e. The van der Waals surface area contributed by atoms with Gasteiger partial charge in [-0.15, -0.1) is 0 Å². The van der Waals surface area contributed by atoms with E-state index in [1.54, 1.807) is 0 Å². The summed E-state index contributed by atoms with van der Waals surface area (Å²) in [5.41, 5.74) is 7.08. The summed E-state index contributed by atoms with van der Waals surface area (Å²) in [5, 5.41) is 4.45. The van der Waals surface area contributed by atoms with Crippen LogP contribution in [0.3, 0.4) is 0 Å². The molecule has 1 saturated carbocycles. The van der Waals surface area contributed by atoms with E-state index in [4.69, 9.17) is 11.6 Å². The zero-order valence-electron chi connectivity index (χ0n) is 18.3. The average molecular weight is 437 g/mol. The van der Waals surface area contributed by atoms with E-state index in [1.165, 1.54) is 60.0 Å². The van der Waals surface area contributed by atoms with E-state index in [2.05, 4.69) is 40.7 Å². The number of rotatable bonds is 2. The van der Waals surface area contributed by atoms with Gasteiger partial charge >= 0.3 is 0 Å². The number of nitrogens with one attached hydrogen (secondary N) is 1. The zero-order valence-corrected chi connectivity index (χ0v) is 19.1. The number of hydrogen-bond donors (Lipinski definition) is 1. The summed E-state index contributed by atoms with van der Waals surface area (Å²) in [5.74, 6) is 0.994. The Morgan fingerprint density at radius 2 is 1.87 bits per heavy atom. The van der Waals surface area contributed by atoms with Crippen molar-refractivity contribution in [3.8, 4) is 0 Å². The van der Waals surface area contributed by atoms with E-state index in [0.717, 1.165) is 50.2 Å². The van der Waals surface area contributed by atoms with Gasteiger partial charge in [0.2, 0.25) is 5.91 Å². The lowest BCUT2D eigenvalue weighted by molar-refractivity contribution is -0.132. The van der Waals surface area contributed by atoms with Crippen molar-refractivity contribution in [1.29, 1.82) is 0 Å². The van der Waals surface area contributed by atoms with Crippen LogP contribution in [0.4, 0.5) is 0 Å². The predicted octanol–water partition coefficient (Wildman–Crippen LogP) is 6.04. The number of aryl methyl sites for hydroxylation is 1. The predicted molar refractivity (Wildman–Crippen MR) is 128 cm³/mol. The fourth-order valence-corrected chi connectivity index (χ4v) is 6.14. The van der Waals surface area contributed by atoms with Crippen LogP contribution in [0.5, 0.6) is 0 Å². The second kappa shape index (κ2) is 9.24. The average Bonchev–Trinajstić information content (AvgIpc) is 2.96. The molecule has 3 nitrogen and oxygen atoms in total. The van der Waals surface area contributed by atoms with E-state index >= 15 is 0 Å². The fourth-order valence-electron chi connectivity index (χ4n) is 5.95. The summed E-state index contributed by atoms with van der Waals surface area (Å²) >= 11 is 6.35. The van der Waals surface area contributed by atoms with Crippen molar-refractivity contribution in [2.45, 2.75) is 70.3 Å². The molecule has 1 atom stereocenters. The first kappa shape index (κ1) is 20.9. The Morgan fingerprint density at radius 1 is 1.06 bits per heavy atom. The number of carbonyl (C=O) groups excluding carboxylic acids is 1. The van der Waals surface area contributed by atoms with Crippen molar-refractivity contribution in [1.82, 2.24) is 10.2 Å². The molecule has 0 radical (unpaired) electrons. The fraction of sp³-hybridized carbons (Fsp3) is 0.519. The SMILES string of the molecule is O=C(CC1CCCCC1)N1CCC(=C2c3ccc(Cl)cc3CCC3=CC=CNC32)CC1. The van der Waals surface area contributed by atoms with Crippen LogP contribution in [-0.4, -0.2) is 29.9 Å². The Hall–Kier alpha value is -2.00. The van der Waals surface area contributed by atoms with Crippen molar-refractivity contribution < 1.29 is 4.79 Å². The molecule has 0 aromatic heterocycles. The van der Waals surface area contributed by atoms with Gasteiger partial charge in [-0.2, -0.15) is 0 Å². The largest absolute Gasteiger partial charge is 0.380 e. The van der Waals surface area contributed by atoms with Crippen LogP contribution in [-0.2, 0) is 11.2 Å². The van der Waals surface area contributed by atoms with Crippen molar-refractivity contribution in [2.75, 3.05) is 13.1 Å². The number of piperidine rings is 1. The number of hydrogen-bond acceptors (Lipinski definition) is 2. The molecule has 2 aliphatic heterocycles. The highest BCUT2D eigenvalue weighted by atomic mass is 35.5. The lowest BCUT2D eigenvalue weighted by Gasteiger charge is -2.34. The number of allylic oxidation sites excluding steroid dienone is 2. The minimum Gasteiger partial charge on any atom is -0.380 e. The summed E-state index contributed by atoms with van der Waals surface area (Å²) in [7, 11) is 0. The Kier molecular flexibility index (Phi) is 6.22. The Balaban J connectivity index is 1.37. The second-order valence-corrected chi connectivity index (χ2v) is 10.0. The first-order chi connectivity index (χ1) is 15.2. The number of fused-ring (bicyclic) bond motifs is 2. The maximum atomic E-state index is 12.9. The van der Waals surface area contributed by atoms with Gasteiger partial charge in [0, 0.05) is 24.5 Å². The van der Waals surface area contributed by atoms with E-state index in [0.29, 0.717) is 11.8 Å². The molecule has 1 aromatic rings. The summed E-state index contributed by atoms with van der Waals surface area (Å²) < 4.78 is 0. The number of dihydropyridines is 1. The molecule has 4 heteroatoms. The molecule has 2 aliphatic carbocycles. The van der Waals surface area contributed by atoms with Crippen molar-refractivity contribution >= 4 is 23.1 Å². The molecule has 2 heterocycles. The van der Waals surface area contributed by atoms with Gasteiger partial charge in [0.1, 0.15) is 0 Å². The van der Waals surface area contributed by atoms with E-state index in [-0.39, 0.29) is 6.04 Å². The monoisotopic (exact) mass is 436 g/mol. The number of carbonyl (C=O) groups is 1. The van der Waals surface area contributed by atoms with E-state index < -0.39 is 0 Å². The first-order valence-corrected chi connectivity index (χ1v) is 12.5. The minimum atomic E-state index is 0.243. The summed E-state index contributed by atoms with van der Waals surface area (Å²) in [4.78, 5) is 15.1. The molecular formula is C27H33ClN2O. The van der Waals surface area contributed by atoms with Crippen LogP contribution < -0.4 is 5.32 Å². The lowest BCUT2D eigenvalue weighted by Crippen LogP contribution is -2.38. The summed E-state index contributed by atoms with van der Waals surface area (Å²) in [6.45, 7) is 1.71. The van der Waals surface area contributed by atoms with Crippen LogP contribution in [0.2, 0.25) is 5.02 Å². The van der Waals surface area contributed by atoms with Gasteiger partial charge in [-0.25, -0.2) is 0 Å². The molecule has 4 aliphatic rings. The highest BCUT2D eigenvalue weighted by molar-refractivity contribution is 6.30. The normalized spacial score (nSPS) is 24.1. The number of halogens is 1. The maximum Gasteiger partial charge on any atom is 0.222 e. The minimum absolute atomic E-state index is 0.243. The van der Waals surface area contributed by atoms with E-state index in [1.807, 2.05) is 6.07 Å². The van der Waals surface area contributed by atoms with Gasteiger partial charge < -0.3 is 10.2 Å². The number of nitrogens with zero attached hydrogens (tertiary/aromatic N) is 1. The molecule has 2 fully saturated rings. The molecule has 0 spiro atoms. The van der Waals surface area contributed by atoms with E-state index in [9.17, 15) is 4.79 Å². The third-order valence-electron chi connectivity index (χ3n) is 7.66. The number of benzene rings is 1. The van der Waals surface area contributed by atoms with Gasteiger partial charge in [-0.3, -0.25) is 4.79 Å². The molecule has 0 bridgehead atoms. The molecule has 31 heavy (non-hydrogen) atoms. The highest BCUT2D eigenvalue weighted by Crippen LogP contribution is 2.40. The van der Waals surface area contributed by atoms with Crippen molar-refractivity contribution in [2.24, 2.45) is 5.92 Å². The Labute approximate surface area is 191 Å². The van der Waals surface area contributed by atoms with Crippen molar-refractivity contribution in [3.05, 3.63) is 63.8 Å². The maximum absolute atomic E-state index is 12.9. The third-order valence-corrected chi connectivity index (χ3v) is 7.89. The van der Waals surface area contributed by atoms with Gasteiger partial charge in [0.25, 0.3) is 0 Å². The third kappa shape index (κ3) is 4.48. The number of amides is 1. The summed E-state index contributed by atoms with van der Waals surface area (Å²) in [6.07, 6.45) is 17.7. The van der Waals surface area contributed by atoms with Crippen molar-refractivity contribution in [3.63, 3.8) is 0 Å². The van der Waals surface area contributed by atoms with Gasteiger partial charge in [-0.1, -0.05) is 48.6 Å². The Bertz CT molecular complexity index is 929. The molecule has 1 unspecified atom stereocenters. The lowest BCUT2D eigenvalue weighted by atomic mass is 9.84. The second-order valence-electron chi connectivity index (χ2n) is 9.61. The molecular weight excluding hydrogens is 404 g/mol. The molecule has 1 N–H and O–H groups in total. The highest BCUT2D eigenvalue weighted by Gasteiger charge is 2.31. The molecule has 1 aromatic carbocycles. The molecule has 1 saturated heterocycles. The van der Waals surface area contributed by atoms with Crippen LogP contribution in [0.15, 0.2) is 47.7 Å². The Morgan fingerprint density at radius 3 is 2.68 bits per heavy atom. The van der Waals surface area contributed by atoms with Gasteiger partial charge in [0.05, 0.1) is 6.04 Å². The van der Waals surface area contributed by atoms with Crippen LogP contribution in [0, 0.1) is 5.92 Å². The first-order valence-electron chi connectivity index (χ1n) is 12.1. The van der Waals surface area contributed by atoms with Gasteiger partial charge in [0.15, 0.2) is 0 Å². The van der Waals surface area contributed by atoms with Gasteiger partial charge in [-0.05, 0) is 91.1 Å².